The van der Waals surface area contributed by atoms with Crippen molar-refractivity contribution >= 4 is 5.97 Å². The van der Waals surface area contributed by atoms with Crippen LogP contribution in [0.15, 0.2) is 12.2 Å². The van der Waals surface area contributed by atoms with Crippen molar-refractivity contribution in [2.75, 3.05) is 13.2 Å². The van der Waals surface area contributed by atoms with Gasteiger partial charge in [0, 0.05) is 13.0 Å². The van der Waals surface area contributed by atoms with E-state index in [1.807, 2.05) is 0 Å². The Morgan fingerprint density at radius 1 is 0.613 bits per heavy atom. The lowest BCUT2D eigenvalue weighted by Gasteiger charge is -2.05. The molecule has 0 aliphatic heterocycles. The van der Waals surface area contributed by atoms with E-state index in [4.69, 9.17) is 9.84 Å². The summed E-state index contributed by atoms with van der Waals surface area (Å²) in [5.41, 5.74) is 0. The fourth-order valence-electron chi connectivity index (χ4n) is 3.86. The molecule has 0 atom stereocenters. The second-order valence-electron chi connectivity index (χ2n) is 9.11. The van der Waals surface area contributed by atoms with Crippen LogP contribution in [-0.4, -0.2) is 24.3 Å². The zero-order chi connectivity index (χ0) is 22.7. The predicted molar refractivity (Wildman–Crippen MR) is 134 cm³/mol. The SMILES string of the molecule is CCCC/C=C\CCCCCCCC(=O)OCCCCCCCCCCCCCCO. The molecule has 31 heavy (non-hydrogen) atoms. The van der Waals surface area contributed by atoms with E-state index in [1.165, 1.54) is 109 Å². The number of hydrogen-bond acceptors (Lipinski definition) is 3. The summed E-state index contributed by atoms with van der Waals surface area (Å²) in [4.78, 5) is 11.8. The van der Waals surface area contributed by atoms with E-state index in [0.717, 1.165) is 25.7 Å². The molecule has 3 nitrogen and oxygen atoms in total. The summed E-state index contributed by atoms with van der Waals surface area (Å²) in [6.45, 7) is 3.19. The van der Waals surface area contributed by atoms with Gasteiger partial charge < -0.3 is 9.84 Å². The highest BCUT2D eigenvalue weighted by Crippen LogP contribution is 2.12. The van der Waals surface area contributed by atoms with Crippen LogP contribution in [0.4, 0.5) is 0 Å². The quantitative estimate of drug-likeness (QED) is 0.0880. The van der Waals surface area contributed by atoms with E-state index in [-0.39, 0.29) is 5.97 Å². The molecule has 184 valence electrons. The molecular formula is C28H54O3. The van der Waals surface area contributed by atoms with Crippen LogP contribution >= 0.6 is 0 Å². The molecule has 0 unspecified atom stereocenters. The molecule has 0 bridgehead atoms. The molecule has 0 aliphatic carbocycles. The standard InChI is InChI=1S/C28H54O3/c1-2-3-4-5-6-7-10-13-16-19-22-25-28(30)31-27-24-21-18-15-12-9-8-11-14-17-20-23-26-29/h5-6,29H,2-4,7-27H2,1H3/b6-5-. The predicted octanol–water partition coefficient (Wildman–Crippen LogP) is 8.68. The van der Waals surface area contributed by atoms with Gasteiger partial charge in [0.1, 0.15) is 0 Å². The smallest absolute Gasteiger partial charge is 0.305 e. The van der Waals surface area contributed by atoms with Gasteiger partial charge in [-0.1, -0.05) is 115 Å². The van der Waals surface area contributed by atoms with E-state index in [1.54, 1.807) is 0 Å². The molecule has 0 rings (SSSR count). The number of rotatable bonds is 25. The maximum atomic E-state index is 11.8. The van der Waals surface area contributed by atoms with Gasteiger partial charge in [0.2, 0.25) is 0 Å². The number of aliphatic hydroxyl groups excluding tert-OH is 1. The average molecular weight is 439 g/mol. The first-order chi connectivity index (χ1) is 15.3. The summed E-state index contributed by atoms with van der Waals surface area (Å²) in [6, 6.07) is 0. The highest BCUT2D eigenvalue weighted by atomic mass is 16.5. The average Bonchev–Trinajstić information content (AvgIpc) is 2.77. The maximum absolute atomic E-state index is 11.8. The molecule has 0 aromatic rings. The van der Waals surface area contributed by atoms with Gasteiger partial charge in [-0.05, 0) is 38.5 Å². The Kier molecular flexibility index (Phi) is 26.5. The normalized spacial score (nSPS) is 11.4. The topological polar surface area (TPSA) is 46.5 Å². The Morgan fingerprint density at radius 3 is 1.61 bits per heavy atom. The number of carbonyl (C=O) groups excluding carboxylic acids is 1. The highest BCUT2D eigenvalue weighted by molar-refractivity contribution is 5.69. The molecule has 0 fully saturated rings. The monoisotopic (exact) mass is 438 g/mol. The van der Waals surface area contributed by atoms with Crippen molar-refractivity contribution in [2.24, 2.45) is 0 Å². The molecule has 0 radical (unpaired) electrons. The van der Waals surface area contributed by atoms with E-state index in [9.17, 15) is 4.79 Å². The van der Waals surface area contributed by atoms with Crippen LogP contribution in [0.3, 0.4) is 0 Å². The number of carbonyl (C=O) groups is 1. The van der Waals surface area contributed by atoms with Crippen LogP contribution in [0.5, 0.6) is 0 Å². The fraction of sp³-hybridized carbons (Fsp3) is 0.893. The number of allylic oxidation sites excluding steroid dienone is 2. The molecule has 0 aromatic heterocycles. The van der Waals surface area contributed by atoms with Crippen LogP contribution < -0.4 is 0 Å². The molecule has 3 heteroatoms. The van der Waals surface area contributed by atoms with Gasteiger partial charge in [0.05, 0.1) is 6.61 Å². The van der Waals surface area contributed by atoms with Gasteiger partial charge >= 0.3 is 5.97 Å². The number of aliphatic hydroxyl groups is 1. The molecule has 0 heterocycles. The van der Waals surface area contributed by atoms with Gasteiger partial charge in [0.15, 0.2) is 0 Å². The molecule has 0 saturated heterocycles. The lowest BCUT2D eigenvalue weighted by atomic mass is 10.1. The first-order valence-electron chi connectivity index (χ1n) is 13.7. The van der Waals surface area contributed by atoms with Crippen LogP contribution in [0, 0.1) is 0 Å². The summed E-state index contributed by atoms with van der Waals surface area (Å²) in [5.74, 6) is -0.00199. The minimum Gasteiger partial charge on any atom is -0.466 e. The molecule has 0 aliphatic rings. The van der Waals surface area contributed by atoms with Crippen LogP contribution in [0.2, 0.25) is 0 Å². The van der Waals surface area contributed by atoms with Crippen molar-refractivity contribution < 1.29 is 14.6 Å². The lowest BCUT2D eigenvalue weighted by Crippen LogP contribution is -2.05. The fourth-order valence-corrected chi connectivity index (χ4v) is 3.86. The van der Waals surface area contributed by atoms with Gasteiger partial charge in [-0.3, -0.25) is 4.79 Å². The van der Waals surface area contributed by atoms with Crippen LogP contribution in [0.25, 0.3) is 0 Å². The molecule has 1 N–H and O–H groups in total. The molecule has 0 amide bonds. The Hall–Kier alpha value is -0.830. The second-order valence-corrected chi connectivity index (χ2v) is 9.11. The van der Waals surface area contributed by atoms with Crippen LogP contribution in [-0.2, 0) is 9.53 Å². The van der Waals surface area contributed by atoms with Crippen molar-refractivity contribution in [1.29, 1.82) is 0 Å². The summed E-state index contributed by atoms with van der Waals surface area (Å²) < 4.78 is 5.37. The van der Waals surface area contributed by atoms with Gasteiger partial charge in [-0.15, -0.1) is 0 Å². The summed E-state index contributed by atoms with van der Waals surface area (Å²) in [7, 11) is 0. The highest BCUT2D eigenvalue weighted by Gasteiger charge is 2.02. The van der Waals surface area contributed by atoms with Crippen molar-refractivity contribution in [3.8, 4) is 0 Å². The first kappa shape index (κ1) is 30.2. The third-order valence-corrected chi connectivity index (χ3v) is 5.96. The minimum atomic E-state index is -0.00199. The third kappa shape index (κ3) is 27.1. The van der Waals surface area contributed by atoms with Crippen molar-refractivity contribution in [3.63, 3.8) is 0 Å². The largest absolute Gasteiger partial charge is 0.466 e. The van der Waals surface area contributed by atoms with Gasteiger partial charge in [0.25, 0.3) is 0 Å². The molecule has 0 aromatic carbocycles. The summed E-state index contributed by atoms with van der Waals surface area (Å²) in [6.07, 6.45) is 31.1. The number of unbranched alkanes of at least 4 members (excludes halogenated alkanes) is 18. The van der Waals surface area contributed by atoms with E-state index >= 15 is 0 Å². The van der Waals surface area contributed by atoms with Gasteiger partial charge in [-0.2, -0.15) is 0 Å². The maximum Gasteiger partial charge on any atom is 0.305 e. The van der Waals surface area contributed by atoms with Crippen molar-refractivity contribution in [2.45, 2.75) is 148 Å². The molecular weight excluding hydrogens is 384 g/mol. The first-order valence-corrected chi connectivity index (χ1v) is 13.7. The van der Waals surface area contributed by atoms with Crippen molar-refractivity contribution in [3.05, 3.63) is 12.2 Å². The Labute approximate surface area is 194 Å². The lowest BCUT2D eigenvalue weighted by molar-refractivity contribution is -0.143. The Morgan fingerprint density at radius 2 is 1.06 bits per heavy atom. The van der Waals surface area contributed by atoms with Crippen LogP contribution in [0.1, 0.15) is 148 Å². The Balaban J connectivity index is 3.17. The van der Waals surface area contributed by atoms with Crippen molar-refractivity contribution in [1.82, 2.24) is 0 Å². The Bertz CT molecular complexity index is 378. The number of ether oxygens (including phenoxy) is 1. The van der Waals surface area contributed by atoms with E-state index < -0.39 is 0 Å². The van der Waals surface area contributed by atoms with E-state index in [2.05, 4.69) is 19.1 Å². The number of esters is 1. The zero-order valence-electron chi connectivity index (χ0n) is 20.9. The molecule has 0 saturated carbocycles. The second kappa shape index (κ2) is 27.2. The van der Waals surface area contributed by atoms with Gasteiger partial charge in [-0.25, -0.2) is 0 Å². The zero-order valence-corrected chi connectivity index (χ0v) is 20.9. The summed E-state index contributed by atoms with van der Waals surface area (Å²) >= 11 is 0. The van der Waals surface area contributed by atoms with E-state index in [0.29, 0.717) is 19.6 Å². The summed E-state index contributed by atoms with van der Waals surface area (Å²) in [5, 5.41) is 8.74. The third-order valence-electron chi connectivity index (χ3n) is 5.96. The minimum absolute atomic E-state index is 0.00199. The molecule has 0 spiro atoms. The number of hydrogen-bond donors (Lipinski definition) is 1.